The fourth-order valence-corrected chi connectivity index (χ4v) is 8.83. The molecule has 0 unspecified atom stereocenters. The fraction of sp³-hybridized carbons (Fsp3) is 0. The average Bonchev–Trinajstić information content (AvgIpc) is 3.81. The largest absolute Gasteiger partial charge is 0.455 e. The van der Waals surface area contributed by atoms with Gasteiger partial charge in [0.1, 0.15) is 11.2 Å². The fourth-order valence-electron chi connectivity index (χ4n) is 8.83. The highest BCUT2D eigenvalue weighted by Gasteiger charge is 2.20. The van der Waals surface area contributed by atoms with E-state index in [0.717, 1.165) is 100 Å². The topological polar surface area (TPSA) is 77.6 Å². The number of aromatic nitrogens is 5. The molecule has 12 rings (SSSR count). The highest BCUT2D eigenvalue weighted by molar-refractivity contribution is 6.12. The molecule has 0 amide bonds. The Labute approximate surface area is 387 Å². The summed E-state index contributed by atoms with van der Waals surface area (Å²) in [6, 6.07) is 81.0. The summed E-state index contributed by atoms with van der Waals surface area (Å²) in [6.07, 6.45) is 0. The molecule has 67 heavy (non-hydrogen) atoms. The Morgan fingerprint density at radius 2 is 0.597 bits per heavy atom. The van der Waals surface area contributed by atoms with Crippen LogP contribution in [0.1, 0.15) is 0 Å². The van der Waals surface area contributed by atoms with E-state index in [1.807, 2.05) is 84.9 Å². The van der Waals surface area contributed by atoms with Crippen molar-refractivity contribution in [1.82, 2.24) is 24.9 Å². The standard InChI is InChI=1S/C61H39N5O/c1-5-18-40(19-6-1)44-26-14-30-48(37-44)59-62-54(42-22-9-3-10-23-42)39-55(63-59)47-29-13-27-45(36-47)46-28-15-31-49(38-46)60-64-58(43-24-11-4-12-25-43)65-61(66-60)53-35-17-34-52-51-33-16-32-50(56(51)67-57(52)53)41-20-7-2-8-21-41/h1-39H. The van der Waals surface area contributed by atoms with Crippen LogP contribution in [0.5, 0.6) is 0 Å². The molecule has 6 heteroatoms. The molecule has 0 bridgehead atoms. The minimum absolute atomic E-state index is 0.533. The van der Waals surface area contributed by atoms with Gasteiger partial charge in [-0.1, -0.05) is 206 Å². The van der Waals surface area contributed by atoms with Crippen LogP contribution >= 0.6 is 0 Å². The first kappa shape index (κ1) is 39.5. The molecule has 0 radical (unpaired) electrons. The van der Waals surface area contributed by atoms with E-state index >= 15 is 0 Å². The molecule has 0 spiro atoms. The zero-order chi connectivity index (χ0) is 44.5. The van der Waals surface area contributed by atoms with E-state index in [4.69, 9.17) is 29.3 Å². The zero-order valence-corrected chi connectivity index (χ0v) is 36.2. The highest BCUT2D eigenvalue weighted by Crippen LogP contribution is 2.40. The van der Waals surface area contributed by atoms with Crippen LogP contribution in [0.2, 0.25) is 0 Å². The molecule has 0 aliphatic carbocycles. The molecule has 6 nitrogen and oxygen atoms in total. The molecule has 0 N–H and O–H groups in total. The Kier molecular flexibility index (Phi) is 10.1. The molecule has 12 aromatic rings. The van der Waals surface area contributed by atoms with E-state index < -0.39 is 0 Å². The number of fused-ring (bicyclic) bond motifs is 3. The van der Waals surface area contributed by atoms with Crippen molar-refractivity contribution < 1.29 is 4.42 Å². The monoisotopic (exact) mass is 857 g/mol. The lowest BCUT2D eigenvalue weighted by Crippen LogP contribution is -2.00. The third-order valence-electron chi connectivity index (χ3n) is 12.2. The lowest BCUT2D eigenvalue weighted by molar-refractivity contribution is 0.670. The maximum atomic E-state index is 6.82. The van der Waals surface area contributed by atoms with Crippen molar-refractivity contribution >= 4 is 21.9 Å². The van der Waals surface area contributed by atoms with Crippen molar-refractivity contribution in [3.63, 3.8) is 0 Å². The van der Waals surface area contributed by atoms with Gasteiger partial charge in [0, 0.05) is 44.2 Å². The highest BCUT2D eigenvalue weighted by atomic mass is 16.3. The molecule has 0 saturated carbocycles. The number of rotatable bonds is 9. The van der Waals surface area contributed by atoms with Crippen LogP contribution in [0.3, 0.4) is 0 Å². The van der Waals surface area contributed by atoms with Gasteiger partial charge in [-0.2, -0.15) is 0 Å². The second-order valence-electron chi connectivity index (χ2n) is 16.4. The number of benzene rings is 9. The Balaban J connectivity index is 0.953. The van der Waals surface area contributed by atoms with E-state index in [0.29, 0.717) is 23.3 Å². The van der Waals surface area contributed by atoms with Crippen molar-refractivity contribution in [2.45, 2.75) is 0 Å². The van der Waals surface area contributed by atoms with Crippen LogP contribution in [0.25, 0.3) is 123 Å². The SMILES string of the molecule is c1ccc(-c2cccc(-c3nc(-c4ccccc4)cc(-c4cccc(-c5cccc(-c6nc(-c7ccccc7)nc(-c7cccc8c7oc7c(-c9ccccc9)cccc78)n6)c5)c4)n3)c2)cc1. The molecule has 9 aromatic carbocycles. The molecule has 3 heterocycles. The van der Waals surface area contributed by atoms with Gasteiger partial charge in [-0.15, -0.1) is 0 Å². The minimum Gasteiger partial charge on any atom is -0.455 e. The average molecular weight is 858 g/mol. The second kappa shape index (κ2) is 17.1. The van der Waals surface area contributed by atoms with Gasteiger partial charge in [0.15, 0.2) is 23.3 Å². The maximum absolute atomic E-state index is 6.82. The number of hydrogen-bond acceptors (Lipinski definition) is 6. The Bertz CT molecular complexity index is 3740. The van der Waals surface area contributed by atoms with E-state index in [2.05, 4.69) is 152 Å². The van der Waals surface area contributed by atoms with Crippen LogP contribution in [-0.2, 0) is 0 Å². The first-order valence-corrected chi connectivity index (χ1v) is 22.3. The zero-order valence-electron chi connectivity index (χ0n) is 36.2. The summed E-state index contributed by atoms with van der Waals surface area (Å²) in [4.78, 5) is 25.8. The summed E-state index contributed by atoms with van der Waals surface area (Å²) in [5.74, 6) is 2.33. The van der Waals surface area contributed by atoms with Gasteiger partial charge in [0.2, 0.25) is 0 Å². The Morgan fingerprint density at radius 1 is 0.224 bits per heavy atom. The quantitative estimate of drug-likeness (QED) is 0.144. The van der Waals surface area contributed by atoms with Gasteiger partial charge in [-0.3, -0.25) is 0 Å². The van der Waals surface area contributed by atoms with E-state index in [1.165, 1.54) is 0 Å². The summed E-state index contributed by atoms with van der Waals surface area (Å²) in [5.41, 5.74) is 15.2. The van der Waals surface area contributed by atoms with E-state index in [9.17, 15) is 0 Å². The predicted octanol–water partition coefficient (Wildman–Crippen LogP) is 15.6. The van der Waals surface area contributed by atoms with Crippen molar-refractivity contribution in [2.75, 3.05) is 0 Å². The van der Waals surface area contributed by atoms with Gasteiger partial charge in [0.05, 0.1) is 17.0 Å². The lowest BCUT2D eigenvalue weighted by atomic mass is 9.98. The van der Waals surface area contributed by atoms with E-state index in [1.54, 1.807) is 0 Å². The molecule has 0 atom stereocenters. The summed E-state index contributed by atoms with van der Waals surface area (Å²) >= 11 is 0. The van der Waals surface area contributed by atoms with Crippen LogP contribution in [0.4, 0.5) is 0 Å². The van der Waals surface area contributed by atoms with Crippen LogP contribution < -0.4 is 0 Å². The molecular formula is C61H39N5O. The molecular weight excluding hydrogens is 819 g/mol. The second-order valence-corrected chi connectivity index (χ2v) is 16.4. The summed E-state index contributed by atoms with van der Waals surface area (Å²) < 4.78 is 6.82. The Morgan fingerprint density at radius 3 is 1.19 bits per heavy atom. The van der Waals surface area contributed by atoms with Crippen molar-refractivity contribution in [3.8, 4) is 101 Å². The normalized spacial score (nSPS) is 11.3. The first-order chi connectivity index (χ1) is 33.2. The minimum atomic E-state index is 0.533. The van der Waals surface area contributed by atoms with Crippen LogP contribution in [0, 0.1) is 0 Å². The van der Waals surface area contributed by atoms with Gasteiger partial charge in [-0.25, -0.2) is 24.9 Å². The van der Waals surface area contributed by atoms with Crippen molar-refractivity contribution in [1.29, 1.82) is 0 Å². The molecule has 0 aliphatic rings. The number of para-hydroxylation sites is 2. The maximum Gasteiger partial charge on any atom is 0.167 e. The first-order valence-electron chi connectivity index (χ1n) is 22.3. The van der Waals surface area contributed by atoms with Crippen LogP contribution in [0.15, 0.2) is 241 Å². The van der Waals surface area contributed by atoms with E-state index in [-0.39, 0.29) is 0 Å². The number of nitrogens with zero attached hydrogens (tertiary/aromatic N) is 5. The van der Waals surface area contributed by atoms with Crippen LogP contribution in [-0.4, -0.2) is 24.9 Å². The van der Waals surface area contributed by atoms with Gasteiger partial charge < -0.3 is 4.42 Å². The molecule has 0 fully saturated rings. The lowest BCUT2D eigenvalue weighted by Gasteiger charge is -2.12. The summed E-state index contributed by atoms with van der Waals surface area (Å²) in [7, 11) is 0. The molecule has 0 aliphatic heterocycles. The smallest absolute Gasteiger partial charge is 0.167 e. The molecule has 314 valence electrons. The Hall–Kier alpha value is -9.13. The molecule has 0 saturated heterocycles. The summed E-state index contributed by atoms with van der Waals surface area (Å²) in [6.45, 7) is 0. The third-order valence-corrected chi connectivity index (χ3v) is 12.2. The number of hydrogen-bond donors (Lipinski definition) is 0. The van der Waals surface area contributed by atoms with Gasteiger partial charge in [0.25, 0.3) is 0 Å². The van der Waals surface area contributed by atoms with Gasteiger partial charge >= 0.3 is 0 Å². The van der Waals surface area contributed by atoms with Crippen molar-refractivity contribution in [3.05, 3.63) is 237 Å². The summed E-state index contributed by atoms with van der Waals surface area (Å²) in [5, 5.41) is 2.04. The van der Waals surface area contributed by atoms with Gasteiger partial charge in [-0.05, 0) is 58.1 Å². The predicted molar refractivity (Wildman–Crippen MR) is 272 cm³/mol. The molecule has 3 aromatic heterocycles. The number of furan rings is 1. The van der Waals surface area contributed by atoms with Crippen molar-refractivity contribution in [2.24, 2.45) is 0 Å². The third kappa shape index (κ3) is 7.73.